The number of methoxy groups -OCH3 is 1. The zero-order valence-electron chi connectivity index (χ0n) is 17.1. The molecule has 0 aliphatic rings. The fourth-order valence-electron chi connectivity index (χ4n) is 2.91. The van der Waals surface area contributed by atoms with E-state index in [2.05, 4.69) is 45.7 Å². The molecule has 2 N–H and O–H groups in total. The summed E-state index contributed by atoms with van der Waals surface area (Å²) in [5, 5.41) is 6.64. The fourth-order valence-corrected chi connectivity index (χ4v) is 2.91. The zero-order valence-corrected chi connectivity index (χ0v) is 17.1. The van der Waals surface area contributed by atoms with Gasteiger partial charge in [-0.15, -0.1) is 0 Å². The van der Waals surface area contributed by atoms with E-state index in [0.29, 0.717) is 25.7 Å². The van der Waals surface area contributed by atoms with Crippen molar-refractivity contribution in [1.82, 2.24) is 15.6 Å². The van der Waals surface area contributed by atoms with Crippen LogP contribution in [-0.2, 0) is 13.1 Å². The lowest BCUT2D eigenvalue weighted by Gasteiger charge is -2.16. The predicted molar refractivity (Wildman–Crippen MR) is 110 cm³/mol. The number of hydrogen-bond donors (Lipinski definition) is 2. The van der Waals surface area contributed by atoms with Gasteiger partial charge in [0.25, 0.3) is 0 Å². The molecular formula is C21H30N4O2. The Hall–Kier alpha value is -2.76. The number of benzene rings is 1. The topological polar surface area (TPSA) is 67.8 Å². The summed E-state index contributed by atoms with van der Waals surface area (Å²) in [6.45, 7) is 9.90. The van der Waals surface area contributed by atoms with Crippen LogP contribution in [0.1, 0.15) is 34.9 Å². The lowest BCUT2D eigenvalue weighted by atomic mass is 10.1. The molecule has 6 nitrogen and oxygen atoms in total. The van der Waals surface area contributed by atoms with Crippen LogP contribution in [0.4, 0.5) is 0 Å². The van der Waals surface area contributed by atoms with Crippen molar-refractivity contribution in [3.8, 4) is 11.5 Å². The van der Waals surface area contributed by atoms with Gasteiger partial charge in [-0.05, 0) is 39.3 Å². The Bertz CT molecular complexity index is 803. The van der Waals surface area contributed by atoms with Crippen LogP contribution in [0.3, 0.4) is 0 Å². The van der Waals surface area contributed by atoms with Crippen molar-refractivity contribution >= 4 is 5.96 Å². The number of aryl methyl sites for hydroxylation is 2. The molecule has 2 aromatic rings. The van der Waals surface area contributed by atoms with Crippen LogP contribution in [0.2, 0.25) is 0 Å². The van der Waals surface area contributed by atoms with Gasteiger partial charge in [0.2, 0.25) is 0 Å². The highest BCUT2D eigenvalue weighted by atomic mass is 16.5. The summed E-state index contributed by atoms with van der Waals surface area (Å²) in [5.74, 6) is 2.49. The number of pyridine rings is 1. The number of nitrogens with zero attached hydrogens (tertiary/aromatic N) is 2. The number of ether oxygens (including phenoxy) is 2. The molecule has 0 bridgehead atoms. The molecular weight excluding hydrogens is 340 g/mol. The van der Waals surface area contributed by atoms with Crippen LogP contribution in [0.5, 0.6) is 11.5 Å². The van der Waals surface area contributed by atoms with Crippen molar-refractivity contribution in [2.45, 2.75) is 40.8 Å². The molecule has 27 heavy (non-hydrogen) atoms. The first-order valence-electron chi connectivity index (χ1n) is 9.16. The van der Waals surface area contributed by atoms with Crippen molar-refractivity contribution in [2.24, 2.45) is 4.99 Å². The predicted octanol–water partition coefficient (Wildman–Crippen LogP) is 3.28. The van der Waals surface area contributed by atoms with Gasteiger partial charge in [-0.3, -0.25) is 9.98 Å². The Morgan fingerprint density at radius 2 is 1.89 bits per heavy atom. The van der Waals surface area contributed by atoms with Crippen molar-refractivity contribution in [1.29, 1.82) is 0 Å². The van der Waals surface area contributed by atoms with Crippen LogP contribution in [0.25, 0.3) is 0 Å². The maximum atomic E-state index is 5.74. The molecule has 0 atom stereocenters. The summed E-state index contributed by atoms with van der Waals surface area (Å²) in [7, 11) is 3.44. The average molecular weight is 370 g/mol. The standard InChI is InChI=1S/C21H30N4O2/c1-7-27-19-10-14(2)8-9-17(19)12-24-21(22-5)25-13-18-16(4)20(26-6)15(3)11-23-18/h8-11H,7,12-13H2,1-6H3,(H2,22,24,25). The van der Waals surface area contributed by atoms with Gasteiger partial charge in [0, 0.05) is 36.5 Å². The van der Waals surface area contributed by atoms with Gasteiger partial charge in [0.1, 0.15) is 11.5 Å². The normalized spacial score (nSPS) is 11.3. The minimum atomic E-state index is 0.564. The number of hydrogen-bond acceptors (Lipinski definition) is 4. The third-order valence-electron chi connectivity index (χ3n) is 4.37. The third kappa shape index (κ3) is 5.36. The van der Waals surface area contributed by atoms with Crippen LogP contribution >= 0.6 is 0 Å². The van der Waals surface area contributed by atoms with E-state index in [1.54, 1.807) is 14.2 Å². The van der Waals surface area contributed by atoms with E-state index in [-0.39, 0.29) is 0 Å². The maximum absolute atomic E-state index is 5.74. The molecule has 1 aromatic heterocycles. The average Bonchev–Trinajstić information content (AvgIpc) is 2.65. The van der Waals surface area contributed by atoms with E-state index in [1.807, 2.05) is 27.0 Å². The van der Waals surface area contributed by atoms with E-state index < -0.39 is 0 Å². The second-order valence-corrected chi connectivity index (χ2v) is 6.37. The molecule has 1 heterocycles. The van der Waals surface area contributed by atoms with Gasteiger partial charge < -0.3 is 20.1 Å². The molecule has 1 aromatic carbocycles. The first-order chi connectivity index (χ1) is 13.0. The molecule has 0 radical (unpaired) electrons. The second-order valence-electron chi connectivity index (χ2n) is 6.37. The molecule has 0 spiro atoms. The quantitative estimate of drug-likeness (QED) is 0.578. The first-order valence-corrected chi connectivity index (χ1v) is 9.16. The fraction of sp³-hybridized carbons (Fsp3) is 0.429. The van der Waals surface area contributed by atoms with Crippen LogP contribution in [-0.4, -0.2) is 31.7 Å². The number of rotatable bonds is 7. The van der Waals surface area contributed by atoms with Crippen molar-refractivity contribution < 1.29 is 9.47 Å². The van der Waals surface area contributed by atoms with E-state index in [9.17, 15) is 0 Å². The summed E-state index contributed by atoms with van der Waals surface area (Å²) in [5.41, 5.74) is 5.28. The summed E-state index contributed by atoms with van der Waals surface area (Å²) >= 11 is 0. The highest BCUT2D eigenvalue weighted by Crippen LogP contribution is 2.24. The van der Waals surface area contributed by atoms with Crippen molar-refractivity contribution in [3.05, 3.63) is 52.3 Å². The molecule has 0 fully saturated rings. The minimum absolute atomic E-state index is 0.564. The van der Waals surface area contributed by atoms with Gasteiger partial charge in [-0.25, -0.2) is 0 Å². The Kier molecular flexibility index (Phi) is 7.46. The lowest BCUT2D eigenvalue weighted by molar-refractivity contribution is 0.336. The smallest absolute Gasteiger partial charge is 0.191 e. The Labute approximate surface area is 162 Å². The summed E-state index contributed by atoms with van der Waals surface area (Å²) < 4.78 is 11.2. The number of guanidine groups is 1. The Balaban J connectivity index is 2.02. The minimum Gasteiger partial charge on any atom is -0.496 e. The van der Waals surface area contributed by atoms with Gasteiger partial charge >= 0.3 is 0 Å². The van der Waals surface area contributed by atoms with Gasteiger partial charge in [-0.2, -0.15) is 0 Å². The van der Waals surface area contributed by atoms with E-state index in [4.69, 9.17) is 9.47 Å². The molecule has 2 rings (SSSR count). The molecule has 0 aliphatic heterocycles. The third-order valence-corrected chi connectivity index (χ3v) is 4.37. The second kappa shape index (κ2) is 9.80. The van der Waals surface area contributed by atoms with Gasteiger partial charge in [0.05, 0.1) is 26.0 Å². The molecule has 0 unspecified atom stereocenters. The monoisotopic (exact) mass is 370 g/mol. The van der Waals surface area contributed by atoms with Crippen molar-refractivity contribution in [3.63, 3.8) is 0 Å². The van der Waals surface area contributed by atoms with E-state index >= 15 is 0 Å². The zero-order chi connectivity index (χ0) is 19.8. The summed E-state index contributed by atoms with van der Waals surface area (Å²) in [4.78, 5) is 8.81. The van der Waals surface area contributed by atoms with Crippen LogP contribution in [0, 0.1) is 20.8 Å². The van der Waals surface area contributed by atoms with E-state index in [0.717, 1.165) is 33.9 Å². The molecule has 0 saturated heterocycles. The highest BCUT2D eigenvalue weighted by molar-refractivity contribution is 5.79. The molecule has 0 saturated carbocycles. The molecule has 0 aliphatic carbocycles. The molecule has 0 amide bonds. The largest absolute Gasteiger partial charge is 0.496 e. The lowest BCUT2D eigenvalue weighted by Crippen LogP contribution is -2.36. The van der Waals surface area contributed by atoms with Crippen molar-refractivity contribution in [2.75, 3.05) is 20.8 Å². The van der Waals surface area contributed by atoms with Crippen LogP contribution < -0.4 is 20.1 Å². The highest BCUT2D eigenvalue weighted by Gasteiger charge is 2.10. The molecule has 6 heteroatoms. The van der Waals surface area contributed by atoms with Gasteiger partial charge in [0.15, 0.2) is 5.96 Å². The Morgan fingerprint density at radius 1 is 1.15 bits per heavy atom. The van der Waals surface area contributed by atoms with E-state index in [1.165, 1.54) is 5.56 Å². The first kappa shape index (κ1) is 20.6. The summed E-state index contributed by atoms with van der Waals surface area (Å²) in [6, 6.07) is 6.22. The number of aromatic nitrogens is 1. The maximum Gasteiger partial charge on any atom is 0.191 e. The van der Waals surface area contributed by atoms with Crippen LogP contribution in [0.15, 0.2) is 29.4 Å². The molecule has 146 valence electrons. The van der Waals surface area contributed by atoms with Gasteiger partial charge in [-0.1, -0.05) is 12.1 Å². The number of nitrogens with one attached hydrogen (secondary N) is 2. The Morgan fingerprint density at radius 3 is 2.56 bits per heavy atom. The summed E-state index contributed by atoms with van der Waals surface area (Å²) in [6.07, 6.45) is 1.83. The number of aliphatic imine (C=N–C) groups is 1. The SMILES string of the molecule is CCOc1cc(C)ccc1CNC(=NC)NCc1ncc(C)c(OC)c1C.